The quantitative estimate of drug-likeness (QED) is 0.727. The van der Waals surface area contributed by atoms with E-state index in [1.807, 2.05) is 6.07 Å². The molecule has 0 fully saturated rings. The monoisotopic (exact) mass is 186 g/mol. The Kier molecular flexibility index (Phi) is 4.27. The maximum absolute atomic E-state index is 12.3. The molecular weight excluding hydrogens is 179 g/mol. The molecule has 0 saturated heterocycles. The third-order valence-electron chi connectivity index (χ3n) is 1.37. The fraction of sp³-hybridized carbons (Fsp3) is 0.125. The Morgan fingerprint density at radius 3 is 2.25 bits per heavy atom. The number of benzene rings is 1. The highest BCUT2D eigenvalue weighted by atomic mass is 35.5. The molecule has 1 rings (SSSR count). The van der Waals surface area contributed by atoms with Gasteiger partial charge in [0.2, 0.25) is 0 Å². The molecule has 0 aliphatic rings. The average molecular weight is 187 g/mol. The Morgan fingerprint density at radius 2 is 1.83 bits per heavy atom. The minimum Gasteiger partial charge on any atom is -0.312 e. The lowest BCUT2D eigenvalue weighted by atomic mass is 10.1. The summed E-state index contributed by atoms with van der Waals surface area (Å²) in [6.45, 7) is 0. The first-order chi connectivity index (χ1) is 5.24. The van der Waals surface area contributed by atoms with Gasteiger partial charge in [-0.05, 0) is 17.7 Å². The molecule has 0 bridgehead atoms. The van der Waals surface area contributed by atoms with Gasteiger partial charge in [-0.1, -0.05) is 12.1 Å². The van der Waals surface area contributed by atoms with E-state index in [0.29, 0.717) is 5.56 Å². The molecule has 0 spiro atoms. The molecule has 0 aliphatic heterocycles. The molecule has 4 heteroatoms. The van der Waals surface area contributed by atoms with Gasteiger partial charge >= 0.3 is 0 Å². The lowest BCUT2D eigenvalue weighted by molar-refractivity contribution is 0.626. The predicted octanol–water partition coefficient (Wildman–Crippen LogP) is 1.77. The molecule has 2 N–H and O–H groups in total. The molecule has 12 heavy (non-hydrogen) atoms. The molecule has 0 aromatic heterocycles. The minimum absolute atomic E-state index is 0. The zero-order chi connectivity index (χ0) is 8.27. The van der Waals surface area contributed by atoms with Crippen LogP contribution in [0.4, 0.5) is 4.39 Å². The van der Waals surface area contributed by atoms with Gasteiger partial charge in [-0.3, -0.25) is 0 Å². The largest absolute Gasteiger partial charge is 0.312 e. The summed E-state index contributed by atoms with van der Waals surface area (Å²) in [5, 5.41) is 8.39. The van der Waals surface area contributed by atoms with Crippen molar-refractivity contribution in [3.63, 3.8) is 0 Å². The lowest BCUT2D eigenvalue weighted by Crippen LogP contribution is -2.06. The van der Waals surface area contributed by atoms with E-state index in [4.69, 9.17) is 11.0 Å². The van der Waals surface area contributed by atoms with Crippen molar-refractivity contribution in [1.29, 1.82) is 5.26 Å². The molecule has 0 amide bonds. The first-order valence-electron chi connectivity index (χ1n) is 3.14. The Bertz CT molecular complexity index is 278. The topological polar surface area (TPSA) is 49.8 Å². The van der Waals surface area contributed by atoms with E-state index in [-0.39, 0.29) is 18.2 Å². The van der Waals surface area contributed by atoms with Crippen LogP contribution >= 0.6 is 12.4 Å². The number of hydrogen-bond acceptors (Lipinski definition) is 2. The van der Waals surface area contributed by atoms with E-state index in [0.717, 1.165) is 0 Å². The van der Waals surface area contributed by atoms with Crippen LogP contribution in [-0.4, -0.2) is 0 Å². The smallest absolute Gasteiger partial charge is 0.123 e. The summed E-state index contributed by atoms with van der Waals surface area (Å²) in [6.07, 6.45) is 0. The summed E-state index contributed by atoms with van der Waals surface area (Å²) < 4.78 is 12.3. The van der Waals surface area contributed by atoms with Gasteiger partial charge in [0.15, 0.2) is 0 Å². The van der Waals surface area contributed by atoms with Crippen molar-refractivity contribution in [2.75, 3.05) is 0 Å². The van der Waals surface area contributed by atoms with E-state index in [2.05, 4.69) is 0 Å². The Hall–Kier alpha value is -1.11. The number of halogens is 2. The molecule has 2 nitrogen and oxygen atoms in total. The zero-order valence-electron chi connectivity index (χ0n) is 6.20. The second kappa shape index (κ2) is 4.70. The van der Waals surface area contributed by atoms with Crippen molar-refractivity contribution >= 4 is 12.4 Å². The first kappa shape index (κ1) is 10.9. The molecule has 1 aromatic carbocycles. The van der Waals surface area contributed by atoms with Crippen LogP contribution in [-0.2, 0) is 0 Å². The molecule has 0 heterocycles. The van der Waals surface area contributed by atoms with Crippen molar-refractivity contribution in [2.45, 2.75) is 6.04 Å². The maximum atomic E-state index is 12.3. The standard InChI is InChI=1S/C8H7FN2.ClH/c9-7-3-1-6(2-4-7)8(11)5-10;/h1-4,8H,11H2;1H/t8-;/m0./s1. The number of nitrogens with zero attached hydrogens (tertiary/aromatic N) is 1. The molecule has 0 saturated carbocycles. The molecule has 1 aromatic rings. The first-order valence-corrected chi connectivity index (χ1v) is 3.14. The van der Waals surface area contributed by atoms with Gasteiger partial charge < -0.3 is 5.73 Å². The highest BCUT2D eigenvalue weighted by Crippen LogP contribution is 2.09. The van der Waals surface area contributed by atoms with Crippen LogP contribution in [0.15, 0.2) is 24.3 Å². The van der Waals surface area contributed by atoms with Gasteiger partial charge in [0.05, 0.1) is 6.07 Å². The fourth-order valence-electron chi connectivity index (χ4n) is 0.745. The van der Waals surface area contributed by atoms with Crippen LogP contribution < -0.4 is 5.73 Å². The lowest BCUT2D eigenvalue weighted by Gasteiger charge is -2.00. The van der Waals surface area contributed by atoms with Crippen LogP contribution in [0.2, 0.25) is 0 Å². The summed E-state index contributed by atoms with van der Waals surface area (Å²) >= 11 is 0. The Morgan fingerprint density at radius 1 is 1.33 bits per heavy atom. The number of rotatable bonds is 1. The van der Waals surface area contributed by atoms with Crippen LogP contribution in [0.5, 0.6) is 0 Å². The second-order valence-electron chi connectivity index (χ2n) is 2.16. The third-order valence-corrected chi connectivity index (χ3v) is 1.37. The Labute approximate surface area is 76.2 Å². The zero-order valence-corrected chi connectivity index (χ0v) is 7.01. The average Bonchev–Trinajstić information content (AvgIpc) is 2.05. The highest BCUT2D eigenvalue weighted by molar-refractivity contribution is 5.85. The second-order valence-corrected chi connectivity index (χ2v) is 2.16. The summed E-state index contributed by atoms with van der Waals surface area (Å²) in [7, 11) is 0. The van der Waals surface area contributed by atoms with Crippen LogP contribution in [0, 0.1) is 17.1 Å². The van der Waals surface area contributed by atoms with E-state index < -0.39 is 6.04 Å². The van der Waals surface area contributed by atoms with Crippen molar-refractivity contribution < 1.29 is 4.39 Å². The van der Waals surface area contributed by atoms with Gasteiger partial charge in [0.1, 0.15) is 11.9 Å². The van der Waals surface area contributed by atoms with Crippen molar-refractivity contribution in [3.8, 4) is 6.07 Å². The molecule has 0 radical (unpaired) electrons. The van der Waals surface area contributed by atoms with Gasteiger partial charge in [0.25, 0.3) is 0 Å². The number of nitriles is 1. The number of nitrogens with two attached hydrogens (primary N) is 1. The highest BCUT2D eigenvalue weighted by Gasteiger charge is 2.02. The van der Waals surface area contributed by atoms with E-state index in [1.54, 1.807) is 0 Å². The SMILES string of the molecule is Cl.N#C[C@H](N)c1ccc(F)cc1. The van der Waals surface area contributed by atoms with E-state index in [9.17, 15) is 4.39 Å². The Balaban J connectivity index is 0.00000121. The van der Waals surface area contributed by atoms with Crippen LogP contribution in [0.3, 0.4) is 0 Å². The summed E-state index contributed by atoms with van der Waals surface area (Å²) in [5.74, 6) is -0.320. The van der Waals surface area contributed by atoms with Crippen molar-refractivity contribution in [2.24, 2.45) is 5.73 Å². The van der Waals surface area contributed by atoms with Crippen LogP contribution in [0.25, 0.3) is 0 Å². The third kappa shape index (κ3) is 2.50. The maximum Gasteiger partial charge on any atom is 0.123 e. The van der Waals surface area contributed by atoms with Gasteiger partial charge in [-0.15, -0.1) is 12.4 Å². The van der Waals surface area contributed by atoms with Crippen molar-refractivity contribution in [1.82, 2.24) is 0 Å². The van der Waals surface area contributed by atoms with Gasteiger partial charge in [0, 0.05) is 0 Å². The van der Waals surface area contributed by atoms with Gasteiger partial charge in [-0.2, -0.15) is 5.26 Å². The van der Waals surface area contributed by atoms with Crippen molar-refractivity contribution in [3.05, 3.63) is 35.6 Å². The minimum atomic E-state index is -0.657. The fourth-order valence-corrected chi connectivity index (χ4v) is 0.745. The summed E-state index contributed by atoms with van der Waals surface area (Å²) in [4.78, 5) is 0. The predicted molar refractivity (Wildman–Crippen MR) is 46.2 cm³/mol. The molecule has 0 aliphatic carbocycles. The van der Waals surface area contributed by atoms with Gasteiger partial charge in [-0.25, -0.2) is 4.39 Å². The molecular formula is C8H8ClFN2. The molecule has 0 unspecified atom stereocenters. The number of hydrogen-bond donors (Lipinski definition) is 1. The van der Waals surface area contributed by atoms with E-state index >= 15 is 0 Å². The summed E-state index contributed by atoms with van der Waals surface area (Å²) in [6, 6.07) is 6.77. The molecule has 1 atom stereocenters. The van der Waals surface area contributed by atoms with E-state index in [1.165, 1.54) is 24.3 Å². The van der Waals surface area contributed by atoms with Crippen LogP contribution in [0.1, 0.15) is 11.6 Å². The normalized spacial score (nSPS) is 11.1. The molecule has 64 valence electrons. The summed E-state index contributed by atoms with van der Waals surface area (Å²) in [5.41, 5.74) is 5.99.